The van der Waals surface area contributed by atoms with Gasteiger partial charge >= 0.3 is 0 Å². The third-order valence-electron chi connectivity index (χ3n) is 2.23. The van der Waals surface area contributed by atoms with Crippen LogP contribution in [0.25, 0.3) is 11.3 Å². The molecule has 0 aliphatic heterocycles. The Bertz CT molecular complexity index is 464. The van der Waals surface area contributed by atoms with Gasteiger partial charge in [-0.25, -0.2) is 0 Å². The number of pyridine rings is 1. The molecule has 0 atom stereocenters. The third kappa shape index (κ3) is 1.73. The molecule has 5 heteroatoms. The number of rotatable bonds is 2. The van der Waals surface area contributed by atoms with E-state index in [1.807, 2.05) is 19.2 Å². The van der Waals surface area contributed by atoms with Crippen LogP contribution in [0.15, 0.2) is 24.5 Å². The highest BCUT2D eigenvalue weighted by molar-refractivity contribution is 6.33. The Morgan fingerprint density at radius 1 is 1.53 bits per heavy atom. The lowest BCUT2D eigenvalue weighted by atomic mass is 10.2. The molecule has 0 radical (unpaired) electrons. The summed E-state index contributed by atoms with van der Waals surface area (Å²) in [5, 5.41) is 4.92. The quantitative estimate of drug-likeness (QED) is 0.840. The molecule has 0 aliphatic rings. The second-order valence-electron chi connectivity index (χ2n) is 3.18. The minimum absolute atomic E-state index is 0.378. The van der Waals surface area contributed by atoms with Gasteiger partial charge in [0.2, 0.25) is 0 Å². The lowest BCUT2D eigenvalue weighted by Gasteiger charge is -1.96. The highest BCUT2D eigenvalue weighted by Crippen LogP contribution is 2.28. The van der Waals surface area contributed by atoms with Crippen LogP contribution in [0.3, 0.4) is 0 Å². The van der Waals surface area contributed by atoms with E-state index in [0.717, 1.165) is 17.0 Å². The van der Waals surface area contributed by atoms with Crippen LogP contribution in [0, 0.1) is 0 Å². The van der Waals surface area contributed by atoms with E-state index in [-0.39, 0.29) is 0 Å². The molecular formula is C10H11ClN4. The van der Waals surface area contributed by atoms with Gasteiger partial charge in [0.15, 0.2) is 0 Å². The second-order valence-corrected chi connectivity index (χ2v) is 3.56. The van der Waals surface area contributed by atoms with E-state index in [9.17, 15) is 0 Å². The first-order chi connectivity index (χ1) is 7.24. The van der Waals surface area contributed by atoms with Gasteiger partial charge in [-0.3, -0.25) is 9.67 Å². The minimum atomic E-state index is 0.378. The van der Waals surface area contributed by atoms with E-state index in [1.165, 1.54) is 0 Å². The fourth-order valence-corrected chi connectivity index (χ4v) is 1.79. The van der Waals surface area contributed by atoms with E-state index in [0.29, 0.717) is 11.6 Å². The number of nitrogens with two attached hydrogens (primary N) is 1. The van der Waals surface area contributed by atoms with Crippen LogP contribution in [0.5, 0.6) is 0 Å². The van der Waals surface area contributed by atoms with Gasteiger partial charge in [-0.2, -0.15) is 5.10 Å². The van der Waals surface area contributed by atoms with Crippen LogP contribution in [0.2, 0.25) is 5.02 Å². The van der Waals surface area contributed by atoms with E-state index < -0.39 is 0 Å². The van der Waals surface area contributed by atoms with Crippen molar-refractivity contribution in [1.29, 1.82) is 0 Å². The normalized spacial score (nSPS) is 10.6. The molecule has 2 aromatic heterocycles. The Morgan fingerprint density at radius 2 is 2.33 bits per heavy atom. The molecule has 0 aliphatic carbocycles. The van der Waals surface area contributed by atoms with Gasteiger partial charge in [0.05, 0.1) is 10.7 Å². The number of aryl methyl sites for hydroxylation is 1. The average molecular weight is 223 g/mol. The van der Waals surface area contributed by atoms with E-state index in [2.05, 4.69) is 10.1 Å². The Balaban J connectivity index is 2.55. The first kappa shape index (κ1) is 10.1. The van der Waals surface area contributed by atoms with Crippen molar-refractivity contribution in [3.05, 3.63) is 35.2 Å². The van der Waals surface area contributed by atoms with Crippen molar-refractivity contribution in [3.63, 3.8) is 0 Å². The summed E-state index contributed by atoms with van der Waals surface area (Å²) in [6, 6.07) is 3.77. The first-order valence-corrected chi connectivity index (χ1v) is 4.93. The molecule has 0 saturated carbocycles. The lowest BCUT2D eigenvalue weighted by molar-refractivity contribution is 0.714. The second kappa shape index (κ2) is 4.00. The fourth-order valence-electron chi connectivity index (χ4n) is 1.44. The molecule has 4 nitrogen and oxygen atoms in total. The van der Waals surface area contributed by atoms with Crippen LogP contribution < -0.4 is 5.73 Å². The Hall–Kier alpha value is -1.39. The van der Waals surface area contributed by atoms with Crippen LogP contribution in [-0.4, -0.2) is 14.8 Å². The molecular weight excluding hydrogens is 212 g/mol. The van der Waals surface area contributed by atoms with Gasteiger partial charge in [0.1, 0.15) is 5.69 Å². The van der Waals surface area contributed by atoms with Crippen LogP contribution >= 0.6 is 11.6 Å². The number of nitrogens with zero attached hydrogens (tertiary/aromatic N) is 3. The summed E-state index contributed by atoms with van der Waals surface area (Å²) in [6.45, 7) is 0.378. The lowest BCUT2D eigenvalue weighted by Crippen LogP contribution is -2.04. The van der Waals surface area contributed by atoms with E-state index in [1.54, 1.807) is 17.1 Å². The van der Waals surface area contributed by atoms with Gasteiger partial charge in [0.25, 0.3) is 0 Å². The average Bonchev–Trinajstić information content (AvgIpc) is 2.55. The van der Waals surface area contributed by atoms with Gasteiger partial charge < -0.3 is 5.73 Å². The van der Waals surface area contributed by atoms with Crippen molar-refractivity contribution in [2.24, 2.45) is 12.8 Å². The van der Waals surface area contributed by atoms with Crippen molar-refractivity contribution in [3.8, 4) is 11.3 Å². The fraction of sp³-hybridized carbons (Fsp3) is 0.200. The monoisotopic (exact) mass is 222 g/mol. The summed E-state index contributed by atoms with van der Waals surface area (Å²) >= 11 is 6.17. The summed E-state index contributed by atoms with van der Waals surface area (Å²) in [6.07, 6.45) is 3.44. The van der Waals surface area contributed by atoms with Crippen LogP contribution in [0.4, 0.5) is 0 Å². The summed E-state index contributed by atoms with van der Waals surface area (Å²) in [7, 11) is 1.83. The highest BCUT2D eigenvalue weighted by atomic mass is 35.5. The molecule has 0 spiro atoms. The SMILES string of the molecule is Cn1nc(-c2cccnc2)c(Cl)c1CN. The van der Waals surface area contributed by atoms with E-state index >= 15 is 0 Å². The van der Waals surface area contributed by atoms with Crippen molar-refractivity contribution in [2.75, 3.05) is 0 Å². The van der Waals surface area contributed by atoms with E-state index in [4.69, 9.17) is 17.3 Å². The topological polar surface area (TPSA) is 56.7 Å². The van der Waals surface area contributed by atoms with Crippen molar-refractivity contribution < 1.29 is 0 Å². The molecule has 0 unspecified atom stereocenters. The highest BCUT2D eigenvalue weighted by Gasteiger charge is 2.14. The molecule has 2 N–H and O–H groups in total. The zero-order valence-electron chi connectivity index (χ0n) is 8.31. The van der Waals surface area contributed by atoms with Gasteiger partial charge in [-0.15, -0.1) is 0 Å². The standard InChI is InChI=1S/C10H11ClN4/c1-15-8(5-12)9(11)10(14-15)7-3-2-4-13-6-7/h2-4,6H,5,12H2,1H3. The number of halogens is 1. The zero-order chi connectivity index (χ0) is 10.8. The molecule has 0 bridgehead atoms. The molecule has 15 heavy (non-hydrogen) atoms. The van der Waals surface area contributed by atoms with Gasteiger partial charge in [-0.1, -0.05) is 11.6 Å². The summed E-state index contributed by atoms with van der Waals surface area (Å²) in [5.74, 6) is 0. The number of hydrogen-bond donors (Lipinski definition) is 1. The number of aromatic nitrogens is 3. The zero-order valence-corrected chi connectivity index (χ0v) is 9.07. The maximum Gasteiger partial charge on any atom is 0.113 e. The van der Waals surface area contributed by atoms with Gasteiger partial charge in [-0.05, 0) is 12.1 Å². The molecule has 78 valence electrons. The number of hydrogen-bond acceptors (Lipinski definition) is 3. The molecule has 2 rings (SSSR count). The Kier molecular flexibility index (Phi) is 2.70. The molecule has 0 aromatic carbocycles. The van der Waals surface area contributed by atoms with Crippen LogP contribution in [-0.2, 0) is 13.6 Å². The largest absolute Gasteiger partial charge is 0.325 e. The molecule has 2 heterocycles. The molecule has 0 saturated heterocycles. The van der Waals surface area contributed by atoms with Crippen LogP contribution in [0.1, 0.15) is 5.69 Å². The van der Waals surface area contributed by atoms with Crippen molar-refractivity contribution in [1.82, 2.24) is 14.8 Å². The predicted molar refractivity (Wildman–Crippen MR) is 59.3 cm³/mol. The van der Waals surface area contributed by atoms with Gasteiger partial charge in [0, 0.05) is 31.5 Å². The smallest absolute Gasteiger partial charge is 0.113 e. The minimum Gasteiger partial charge on any atom is -0.325 e. The van der Waals surface area contributed by atoms with Crippen molar-refractivity contribution in [2.45, 2.75) is 6.54 Å². The van der Waals surface area contributed by atoms with Crippen molar-refractivity contribution >= 4 is 11.6 Å². The molecule has 0 fully saturated rings. The summed E-state index contributed by atoms with van der Waals surface area (Å²) in [4.78, 5) is 4.03. The third-order valence-corrected chi connectivity index (χ3v) is 2.63. The first-order valence-electron chi connectivity index (χ1n) is 4.56. The maximum absolute atomic E-state index is 6.17. The molecule has 2 aromatic rings. The summed E-state index contributed by atoms with van der Waals surface area (Å²) in [5.41, 5.74) is 8.04. The Morgan fingerprint density at radius 3 is 2.87 bits per heavy atom. The predicted octanol–water partition coefficient (Wildman–Crippen LogP) is 1.59. The molecule has 0 amide bonds. The Labute approximate surface area is 92.7 Å². The maximum atomic E-state index is 6.17. The summed E-state index contributed by atoms with van der Waals surface area (Å²) < 4.78 is 1.70.